The van der Waals surface area contributed by atoms with E-state index in [0.717, 1.165) is 10.9 Å². The number of carbonyl (C=O) groups is 1. The highest BCUT2D eigenvalue weighted by Gasteiger charge is 2.23. The van der Waals surface area contributed by atoms with Gasteiger partial charge in [-0.05, 0) is 51.3 Å². The first-order chi connectivity index (χ1) is 10.8. The minimum absolute atomic E-state index is 0.152. The van der Waals surface area contributed by atoms with E-state index in [-0.39, 0.29) is 11.4 Å². The summed E-state index contributed by atoms with van der Waals surface area (Å²) < 4.78 is 5.82. The summed E-state index contributed by atoms with van der Waals surface area (Å²) in [6.45, 7) is 5.81. The minimum atomic E-state index is -0.615. The smallest absolute Gasteiger partial charge is 0.272 e. The van der Waals surface area contributed by atoms with E-state index in [0.29, 0.717) is 11.3 Å². The molecule has 1 amide bonds. The fraction of sp³-hybridized carbons (Fsp3) is 0.333. The van der Waals surface area contributed by atoms with Gasteiger partial charge in [-0.3, -0.25) is 9.78 Å². The zero-order chi connectivity index (χ0) is 17.0. The highest BCUT2D eigenvalue weighted by molar-refractivity contribution is 7.99. The molecule has 2 rings (SSSR count). The van der Waals surface area contributed by atoms with Crippen LogP contribution in [0.2, 0.25) is 0 Å². The van der Waals surface area contributed by atoms with E-state index in [2.05, 4.69) is 16.2 Å². The zero-order valence-electron chi connectivity index (χ0n) is 13.7. The van der Waals surface area contributed by atoms with Crippen molar-refractivity contribution in [2.45, 2.75) is 31.7 Å². The molecular weight excluding hydrogens is 308 g/mol. The molecule has 0 radical (unpaired) electrons. The number of terminal acetylenes is 1. The van der Waals surface area contributed by atoms with Gasteiger partial charge in [0.1, 0.15) is 5.75 Å². The molecule has 0 aliphatic heterocycles. The van der Waals surface area contributed by atoms with Gasteiger partial charge < -0.3 is 10.1 Å². The van der Waals surface area contributed by atoms with Gasteiger partial charge in [0.05, 0.1) is 5.52 Å². The largest absolute Gasteiger partial charge is 0.470 e. The molecule has 1 aromatic carbocycles. The quantitative estimate of drug-likeness (QED) is 0.692. The lowest BCUT2D eigenvalue weighted by Gasteiger charge is -2.24. The van der Waals surface area contributed by atoms with Crippen molar-refractivity contribution in [1.29, 1.82) is 0 Å². The van der Waals surface area contributed by atoms with Gasteiger partial charge >= 0.3 is 0 Å². The van der Waals surface area contributed by atoms with Crippen molar-refractivity contribution in [3.63, 3.8) is 0 Å². The molecule has 1 aromatic heterocycles. The lowest BCUT2D eigenvalue weighted by Crippen LogP contribution is -2.46. The molecule has 5 heteroatoms. The summed E-state index contributed by atoms with van der Waals surface area (Å²) in [5, 5.41) is 3.81. The second-order valence-corrected chi connectivity index (χ2v) is 7.05. The first-order valence-electron chi connectivity index (χ1n) is 7.20. The molecule has 1 atom stereocenters. The molecule has 0 fully saturated rings. The minimum Gasteiger partial charge on any atom is -0.470 e. The number of thioether (sulfide) groups is 1. The number of nitrogens with zero attached hydrogens (tertiary/aromatic N) is 1. The van der Waals surface area contributed by atoms with Gasteiger partial charge in [0.15, 0.2) is 0 Å². The van der Waals surface area contributed by atoms with Crippen LogP contribution in [0.5, 0.6) is 5.75 Å². The first kappa shape index (κ1) is 17.2. The molecule has 4 nitrogen and oxygen atoms in total. The number of aromatic nitrogens is 1. The molecule has 0 bridgehead atoms. The van der Waals surface area contributed by atoms with Gasteiger partial charge in [0, 0.05) is 22.7 Å². The highest BCUT2D eigenvalue weighted by Crippen LogP contribution is 2.23. The average molecular weight is 328 g/mol. The monoisotopic (exact) mass is 328 g/mol. The number of fused-ring (bicyclic) bond motifs is 1. The molecule has 0 saturated heterocycles. The lowest BCUT2D eigenvalue weighted by molar-refractivity contribution is -0.125. The second-order valence-electron chi connectivity index (χ2n) is 6.15. The molecule has 120 valence electrons. The van der Waals surface area contributed by atoms with Crippen LogP contribution in [-0.2, 0) is 4.79 Å². The molecular formula is C18H20N2O2S. The van der Waals surface area contributed by atoms with Crippen molar-refractivity contribution in [2.24, 2.45) is 0 Å². The Labute approximate surface area is 141 Å². The number of pyridine rings is 1. The van der Waals surface area contributed by atoms with Crippen LogP contribution in [0.25, 0.3) is 10.9 Å². The summed E-state index contributed by atoms with van der Waals surface area (Å²) in [6, 6.07) is 7.37. The SMILES string of the molecule is C#Cc1cnc2ccc(OC(SC)C(=O)NC(C)(C)C)cc2c1. The standard InChI is InChI=1S/C18H20N2O2S/c1-6-12-9-13-10-14(7-8-15(13)19-11-12)22-17(23-5)16(21)20-18(2,3)4/h1,7-11,17H,2-5H3,(H,20,21). The average Bonchev–Trinajstić information content (AvgIpc) is 2.49. The molecule has 2 aromatic rings. The number of nitrogens with one attached hydrogen (secondary N) is 1. The molecule has 0 aliphatic carbocycles. The van der Waals surface area contributed by atoms with E-state index in [1.54, 1.807) is 12.3 Å². The van der Waals surface area contributed by atoms with Crippen LogP contribution in [0.15, 0.2) is 30.5 Å². The van der Waals surface area contributed by atoms with Gasteiger partial charge in [0.2, 0.25) is 5.44 Å². The van der Waals surface area contributed by atoms with Crippen LogP contribution in [0.4, 0.5) is 0 Å². The Bertz CT molecular complexity index is 760. The summed E-state index contributed by atoms with van der Waals surface area (Å²) in [7, 11) is 0. The predicted octanol–water partition coefficient (Wildman–Crippen LogP) is 3.20. The molecule has 1 heterocycles. The first-order valence-corrected chi connectivity index (χ1v) is 8.49. The van der Waals surface area contributed by atoms with E-state index < -0.39 is 5.44 Å². The van der Waals surface area contributed by atoms with Gasteiger partial charge in [-0.1, -0.05) is 5.92 Å². The van der Waals surface area contributed by atoms with Crippen LogP contribution >= 0.6 is 11.8 Å². The van der Waals surface area contributed by atoms with Crippen LogP contribution < -0.4 is 10.1 Å². The van der Waals surface area contributed by atoms with Crippen molar-refractivity contribution < 1.29 is 9.53 Å². The Kier molecular flexibility index (Phi) is 5.17. The van der Waals surface area contributed by atoms with Crippen molar-refractivity contribution >= 4 is 28.6 Å². The Morgan fingerprint density at radius 1 is 1.39 bits per heavy atom. The maximum atomic E-state index is 12.3. The van der Waals surface area contributed by atoms with E-state index in [4.69, 9.17) is 11.2 Å². The van der Waals surface area contributed by atoms with Crippen molar-refractivity contribution in [3.05, 3.63) is 36.0 Å². The number of carbonyl (C=O) groups excluding carboxylic acids is 1. The third kappa shape index (κ3) is 4.64. The summed E-state index contributed by atoms with van der Waals surface area (Å²) in [6.07, 6.45) is 8.90. The third-order valence-electron chi connectivity index (χ3n) is 2.99. The van der Waals surface area contributed by atoms with Gasteiger partial charge in [-0.15, -0.1) is 18.2 Å². The Hall–Kier alpha value is -2.19. The highest BCUT2D eigenvalue weighted by atomic mass is 32.2. The van der Waals surface area contributed by atoms with Gasteiger partial charge in [-0.2, -0.15) is 0 Å². The number of hydrogen-bond donors (Lipinski definition) is 1. The van der Waals surface area contributed by atoms with E-state index in [1.165, 1.54) is 11.8 Å². The number of benzene rings is 1. The normalized spacial score (nSPS) is 12.5. The molecule has 1 unspecified atom stereocenters. The fourth-order valence-electron chi connectivity index (χ4n) is 2.02. The van der Waals surface area contributed by atoms with Crippen molar-refractivity contribution in [1.82, 2.24) is 10.3 Å². The zero-order valence-corrected chi connectivity index (χ0v) is 14.5. The maximum absolute atomic E-state index is 12.3. The number of rotatable bonds is 4. The summed E-state index contributed by atoms with van der Waals surface area (Å²) >= 11 is 1.34. The Morgan fingerprint density at radius 3 is 2.74 bits per heavy atom. The second kappa shape index (κ2) is 6.93. The fourth-order valence-corrected chi connectivity index (χ4v) is 2.50. The molecule has 0 saturated carbocycles. The topological polar surface area (TPSA) is 51.2 Å². The van der Waals surface area contributed by atoms with Crippen LogP contribution in [0, 0.1) is 12.3 Å². The van der Waals surface area contributed by atoms with Crippen LogP contribution in [0.3, 0.4) is 0 Å². The molecule has 1 N–H and O–H groups in total. The van der Waals surface area contributed by atoms with Gasteiger partial charge in [0.25, 0.3) is 5.91 Å². The van der Waals surface area contributed by atoms with Crippen molar-refractivity contribution in [2.75, 3.05) is 6.26 Å². The molecule has 23 heavy (non-hydrogen) atoms. The third-order valence-corrected chi connectivity index (χ3v) is 3.73. The molecule has 0 spiro atoms. The summed E-state index contributed by atoms with van der Waals surface area (Å²) in [5.41, 5.74) is 0.622. The number of hydrogen-bond acceptors (Lipinski definition) is 4. The van der Waals surface area contributed by atoms with Gasteiger partial charge in [-0.25, -0.2) is 0 Å². The number of amides is 1. The number of ether oxygens (including phenoxy) is 1. The van der Waals surface area contributed by atoms with Crippen molar-refractivity contribution in [3.8, 4) is 18.1 Å². The van der Waals surface area contributed by atoms with E-state index in [9.17, 15) is 4.79 Å². The maximum Gasteiger partial charge on any atom is 0.272 e. The Morgan fingerprint density at radius 2 is 2.13 bits per heavy atom. The summed E-state index contributed by atoms with van der Waals surface area (Å²) in [5.74, 6) is 3.02. The van der Waals surface area contributed by atoms with Crippen LogP contribution in [-0.4, -0.2) is 28.1 Å². The summed E-state index contributed by atoms with van der Waals surface area (Å²) in [4.78, 5) is 16.6. The van der Waals surface area contributed by atoms with E-state index >= 15 is 0 Å². The van der Waals surface area contributed by atoms with Crippen LogP contribution in [0.1, 0.15) is 26.3 Å². The lowest BCUT2D eigenvalue weighted by atomic mass is 10.1. The molecule has 0 aliphatic rings. The Balaban J connectivity index is 2.22. The predicted molar refractivity (Wildman–Crippen MR) is 95.5 cm³/mol. The van der Waals surface area contributed by atoms with E-state index in [1.807, 2.05) is 45.2 Å².